The van der Waals surface area contributed by atoms with E-state index in [1.165, 1.54) is 22.9 Å². The Kier molecular flexibility index (Phi) is 5.21. The zero-order valence-electron chi connectivity index (χ0n) is 14.1. The maximum atomic E-state index is 13.0. The Morgan fingerprint density at radius 2 is 2.00 bits per heavy atom. The molecule has 0 aliphatic carbocycles. The smallest absolute Gasteiger partial charge is 0.266 e. The molecule has 3 rings (SSSR count). The number of halogens is 1. The fourth-order valence-electron chi connectivity index (χ4n) is 2.40. The molecule has 3 aromatic rings. The van der Waals surface area contributed by atoms with Crippen molar-refractivity contribution in [3.8, 4) is 11.3 Å². The van der Waals surface area contributed by atoms with Crippen molar-refractivity contribution in [2.45, 2.75) is 26.3 Å². The van der Waals surface area contributed by atoms with Crippen molar-refractivity contribution in [3.63, 3.8) is 0 Å². The van der Waals surface area contributed by atoms with Gasteiger partial charge in [-0.3, -0.25) is 14.9 Å². The summed E-state index contributed by atoms with van der Waals surface area (Å²) in [5.74, 6) is -0.278. The predicted octanol–water partition coefficient (Wildman–Crippen LogP) is 2.76. The quantitative estimate of drug-likeness (QED) is 0.733. The Morgan fingerprint density at radius 1 is 1.23 bits per heavy atom. The lowest BCUT2D eigenvalue weighted by Crippen LogP contribution is -2.23. The van der Waals surface area contributed by atoms with Gasteiger partial charge in [0.1, 0.15) is 5.82 Å². The van der Waals surface area contributed by atoms with E-state index < -0.39 is 0 Å². The second kappa shape index (κ2) is 7.73. The highest BCUT2D eigenvalue weighted by Crippen LogP contribution is 2.15. The molecular weight excluding hydrogens is 339 g/mol. The van der Waals surface area contributed by atoms with Gasteiger partial charge in [-0.15, -0.1) is 0 Å². The summed E-state index contributed by atoms with van der Waals surface area (Å²) in [7, 11) is 0. The van der Waals surface area contributed by atoms with Gasteiger partial charge < -0.3 is 4.52 Å². The molecule has 26 heavy (non-hydrogen) atoms. The minimum Gasteiger partial charge on any atom is -0.338 e. The number of carbonyl (C=O) groups is 1. The van der Waals surface area contributed by atoms with E-state index in [4.69, 9.17) is 4.52 Å². The largest absolute Gasteiger partial charge is 0.338 e. The fraction of sp³-hybridized carbons (Fsp3) is 0.222. The van der Waals surface area contributed by atoms with Crippen molar-refractivity contribution in [3.05, 3.63) is 64.3 Å². The summed E-state index contributed by atoms with van der Waals surface area (Å²) in [6.07, 6.45) is 0.632. The number of aryl methyl sites for hydroxylation is 2. The Balaban J connectivity index is 1.60. The summed E-state index contributed by atoms with van der Waals surface area (Å²) >= 11 is 0. The van der Waals surface area contributed by atoms with E-state index in [-0.39, 0.29) is 30.2 Å². The molecule has 1 amide bonds. The van der Waals surface area contributed by atoms with E-state index in [1.807, 2.05) is 0 Å². The average Bonchev–Trinajstić information content (AvgIpc) is 3.02. The van der Waals surface area contributed by atoms with E-state index in [9.17, 15) is 14.0 Å². The minimum atomic E-state index is -0.338. The van der Waals surface area contributed by atoms with Crippen LogP contribution in [0.15, 0.2) is 51.8 Å². The highest BCUT2D eigenvalue weighted by atomic mass is 19.1. The molecule has 0 radical (unpaired) electrons. The Hall–Kier alpha value is -3.29. The molecule has 7 nitrogen and oxygen atoms in total. The summed E-state index contributed by atoms with van der Waals surface area (Å²) in [5.41, 5.74) is 1.68. The summed E-state index contributed by atoms with van der Waals surface area (Å²) in [5, 5.41) is 10.6. The lowest BCUT2D eigenvalue weighted by molar-refractivity contribution is -0.116. The van der Waals surface area contributed by atoms with Gasteiger partial charge in [-0.2, -0.15) is 5.10 Å². The number of aromatic nitrogens is 3. The molecule has 0 unspecified atom stereocenters. The van der Waals surface area contributed by atoms with Crippen LogP contribution in [0.3, 0.4) is 0 Å². The van der Waals surface area contributed by atoms with Gasteiger partial charge in [0, 0.05) is 30.7 Å². The van der Waals surface area contributed by atoms with Crippen LogP contribution >= 0.6 is 0 Å². The second-order valence-electron chi connectivity index (χ2n) is 5.77. The molecule has 1 aromatic carbocycles. The van der Waals surface area contributed by atoms with E-state index >= 15 is 0 Å². The van der Waals surface area contributed by atoms with Gasteiger partial charge in [0.05, 0.1) is 11.4 Å². The average molecular weight is 356 g/mol. The lowest BCUT2D eigenvalue weighted by atomic mass is 10.1. The van der Waals surface area contributed by atoms with Gasteiger partial charge in [-0.05, 0) is 43.7 Å². The molecule has 0 bridgehead atoms. The molecule has 0 aliphatic heterocycles. The first-order chi connectivity index (χ1) is 12.5. The SMILES string of the molecule is Cc1cc(NC(=O)CCCn2nc(-c3ccc(F)cc3)ccc2=O)on1. The maximum absolute atomic E-state index is 13.0. The van der Waals surface area contributed by atoms with Crippen LogP contribution in [-0.4, -0.2) is 20.8 Å². The first-order valence-electron chi connectivity index (χ1n) is 8.08. The molecule has 134 valence electrons. The number of carbonyl (C=O) groups excluding carboxylic acids is 1. The molecule has 0 atom stereocenters. The molecule has 8 heteroatoms. The molecule has 0 saturated carbocycles. The molecule has 2 heterocycles. The predicted molar refractivity (Wildman–Crippen MR) is 93.0 cm³/mol. The van der Waals surface area contributed by atoms with Crippen LogP contribution in [0.2, 0.25) is 0 Å². The highest BCUT2D eigenvalue weighted by molar-refractivity contribution is 5.89. The Bertz CT molecular complexity index is 963. The zero-order chi connectivity index (χ0) is 18.5. The Labute approximate surface area is 148 Å². The topological polar surface area (TPSA) is 90.0 Å². The van der Waals surface area contributed by atoms with Crippen molar-refractivity contribution in [2.24, 2.45) is 0 Å². The second-order valence-corrected chi connectivity index (χ2v) is 5.77. The van der Waals surface area contributed by atoms with Gasteiger partial charge in [-0.25, -0.2) is 9.07 Å². The standard InChI is InChI=1S/C18H17FN4O3/c1-12-11-17(26-22-12)20-16(24)3-2-10-23-18(25)9-8-15(21-23)13-4-6-14(19)7-5-13/h4-9,11H,2-3,10H2,1H3,(H,20,24). The van der Waals surface area contributed by atoms with Crippen molar-refractivity contribution in [1.82, 2.24) is 14.9 Å². The highest BCUT2D eigenvalue weighted by Gasteiger charge is 2.08. The summed E-state index contributed by atoms with van der Waals surface area (Å²) in [6.45, 7) is 2.04. The fourth-order valence-corrected chi connectivity index (χ4v) is 2.40. The Morgan fingerprint density at radius 3 is 2.69 bits per heavy atom. The van der Waals surface area contributed by atoms with Crippen LogP contribution in [-0.2, 0) is 11.3 Å². The number of benzene rings is 1. The van der Waals surface area contributed by atoms with Crippen LogP contribution in [0.5, 0.6) is 0 Å². The van der Waals surface area contributed by atoms with Crippen molar-refractivity contribution < 1.29 is 13.7 Å². The van der Waals surface area contributed by atoms with Gasteiger partial charge in [0.2, 0.25) is 11.8 Å². The number of anilines is 1. The molecule has 0 spiro atoms. The van der Waals surface area contributed by atoms with E-state index in [0.717, 1.165) is 0 Å². The van der Waals surface area contributed by atoms with Crippen LogP contribution in [0.25, 0.3) is 11.3 Å². The molecule has 0 saturated heterocycles. The number of nitrogens with one attached hydrogen (secondary N) is 1. The van der Waals surface area contributed by atoms with Gasteiger partial charge in [0.15, 0.2) is 0 Å². The van der Waals surface area contributed by atoms with Crippen LogP contribution < -0.4 is 10.9 Å². The van der Waals surface area contributed by atoms with Crippen molar-refractivity contribution in [1.29, 1.82) is 0 Å². The number of hydrogen-bond donors (Lipinski definition) is 1. The van der Waals surface area contributed by atoms with Crippen LogP contribution in [0, 0.1) is 12.7 Å². The summed E-state index contributed by atoms with van der Waals surface area (Å²) in [4.78, 5) is 23.8. The van der Waals surface area contributed by atoms with E-state index in [2.05, 4.69) is 15.6 Å². The normalized spacial score (nSPS) is 10.7. The van der Waals surface area contributed by atoms with E-state index in [0.29, 0.717) is 29.3 Å². The zero-order valence-corrected chi connectivity index (χ0v) is 14.1. The molecular formula is C18H17FN4O3. The summed E-state index contributed by atoms with van der Waals surface area (Å²) < 4.78 is 19.2. The molecule has 0 fully saturated rings. The number of nitrogens with zero attached hydrogens (tertiary/aromatic N) is 3. The minimum absolute atomic E-state index is 0.203. The third-order valence-corrected chi connectivity index (χ3v) is 3.67. The first-order valence-corrected chi connectivity index (χ1v) is 8.08. The third-order valence-electron chi connectivity index (χ3n) is 3.67. The van der Waals surface area contributed by atoms with Gasteiger partial charge >= 0.3 is 0 Å². The first kappa shape index (κ1) is 17.5. The van der Waals surface area contributed by atoms with Gasteiger partial charge in [-0.1, -0.05) is 5.16 Å². The van der Waals surface area contributed by atoms with E-state index in [1.54, 1.807) is 31.2 Å². The maximum Gasteiger partial charge on any atom is 0.266 e. The van der Waals surface area contributed by atoms with Gasteiger partial charge in [0.25, 0.3) is 5.56 Å². The number of amides is 1. The summed E-state index contributed by atoms with van der Waals surface area (Å²) in [6, 6.07) is 10.5. The lowest BCUT2D eigenvalue weighted by Gasteiger charge is -2.07. The number of rotatable bonds is 6. The third kappa shape index (κ3) is 4.41. The monoisotopic (exact) mass is 356 g/mol. The van der Waals surface area contributed by atoms with Crippen LogP contribution in [0.1, 0.15) is 18.5 Å². The van der Waals surface area contributed by atoms with Crippen molar-refractivity contribution in [2.75, 3.05) is 5.32 Å². The molecule has 2 aromatic heterocycles. The van der Waals surface area contributed by atoms with Crippen molar-refractivity contribution >= 4 is 11.8 Å². The number of hydrogen-bond acceptors (Lipinski definition) is 5. The molecule has 0 aliphatic rings. The molecule has 1 N–H and O–H groups in total. The van der Waals surface area contributed by atoms with Crippen LogP contribution in [0.4, 0.5) is 10.3 Å².